The molecule has 1 saturated carbocycles. The Balaban J connectivity index is 2.05. The zero-order valence-corrected chi connectivity index (χ0v) is 11.9. The molecule has 0 bridgehead atoms. The second-order valence-corrected chi connectivity index (χ2v) is 5.73. The van der Waals surface area contributed by atoms with E-state index in [-0.39, 0.29) is 11.8 Å². The van der Waals surface area contributed by atoms with Crippen LogP contribution in [0.2, 0.25) is 5.02 Å². The van der Waals surface area contributed by atoms with Crippen LogP contribution < -0.4 is 0 Å². The number of benzene rings is 1. The fourth-order valence-corrected chi connectivity index (χ4v) is 2.43. The summed E-state index contributed by atoms with van der Waals surface area (Å²) in [6, 6.07) is 7.55. The van der Waals surface area contributed by atoms with Gasteiger partial charge in [0.25, 0.3) is 0 Å². The second-order valence-electron chi connectivity index (χ2n) is 5.29. The first-order chi connectivity index (χ1) is 8.50. The van der Waals surface area contributed by atoms with E-state index in [0.717, 1.165) is 11.5 Å². The zero-order chi connectivity index (χ0) is 13.3. The van der Waals surface area contributed by atoms with E-state index in [9.17, 15) is 4.79 Å². The summed E-state index contributed by atoms with van der Waals surface area (Å²) in [6.45, 7) is 4.19. The van der Waals surface area contributed by atoms with Gasteiger partial charge in [-0.2, -0.15) is 0 Å². The van der Waals surface area contributed by atoms with Crippen LogP contribution in [0, 0.1) is 5.92 Å². The lowest BCUT2D eigenvalue weighted by Gasteiger charge is -2.30. The van der Waals surface area contributed by atoms with Gasteiger partial charge < -0.3 is 0 Å². The minimum Gasteiger partial charge on any atom is -0.294 e. The van der Waals surface area contributed by atoms with E-state index in [4.69, 9.17) is 11.6 Å². The summed E-state index contributed by atoms with van der Waals surface area (Å²) in [5.74, 6) is 0.942. The highest BCUT2D eigenvalue weighted by Crippen LogP contribution is 2.35. The average molecular weight is 266 g/mol. The van der Waals surface area contributed by atoms with Gasteiger partial charge in [-0.05, 0) is 63.9 Å². The molecule has 3 heteroatoms. The van der Waals surface area contributed by atoms with Gasteiger partial charge in [0.1, 0.15) is 0 Å². The molecule has 2 rings (SSSR count). The summed E-state index contributed by atoms with van der Waals surface area (Å²) in [5, 5.41) is 0.666. The van der Waals surface area contributed by atoms with E-state index in [1.165, 1.54) is 12.8 Å². The van der Waals surface area contributed by atoms with Crippen LogP contribution in [0.1, 0.15) is 37.0 Å². The van der Waals surface area contributed by atoms with Gasteiger partial charge >= 0.3 is 0 Å². The first kappa shape index (κ1) is 13.6. The van der Waals surface area contributed by atoms with E-state index in [1.54, 1.807) is 24.3 Å². The van der Waals surface area contributed by atoms with Crippen molar-refractivity contribution in [2.45, 2.75) is 38.8 Å². The topological polar surface area (TPSA) is 20.3 Å². The molecule has 1 aliphatic carbocycles. The monoisotopic (exact) mass is 265 g/mol. The number of rotatable bonds is 5. The van der Waals surface area contributed by atoms with Gasteiger partial charge in [0, 0.05) is 16.6 Å². The van der Waals surface area contributed by atoms with Crippen molar-refractivity contribution in [2.24, 2.45) is 5.92 Å². The van der Waals surface area contributed by atoms with Crippen LogP contribution in [0.4, 0.5) is 0 Å². The third kappa shape index (κ3) is 2.93. The Morgan fingerprint density at radius 3 is 2.33 bits per heavy atom. The largest absolute Gasteiger partial charge is 0.294 e. The highest BCUT2D eigenvalue weighted by Gasteiger charge is 2.33. The molecule has 0 radical (unpaired) electrons. The fraction of sp³-hybridized carbons (Fsp3) is 0.533. The van der Waals surface area contributed by atoms with E-state index in [0.29, 0.717) is 11.1 Å². The molecule has 0 aromatic heterocycles. The van der Waals surface area contributed by atoms with Gasteiger partial charge in [0.2, 0.25) is 0 Å². The van der Waals surface area contributed by atoms with Crippen LogP contribution in [0.5, 0.6) is 0 Å². The quantitative estimate of drug-likeness (QED) is 0.758. The zero-order valence-electron chi connectivity index (χ0n) is 11.2. The Kier molecular flexibility index (Phi) is 4.08. The molecular formula is C15H20ClNO. The van der Waals surface area contributed by atoms with Crippen LogP contribution in [-0.2, 0) is 0 Å². The first-order valence-electron chi connectivity index (χ1n) is 6.52. The molecule has 0 amide bonds. The maximum absolute atomic E-state index is 12.4. The van der Waals surface area contributed by atoms with Crippen LogP contribution in [0.25, 0.3) is 0 Å². The summed E-state index contributed by atoms with van der Waals surface area (Å²) in [7, 11) is 2.04. The van der Waals surface area contributed by atoms with E-state index >= 15 is 0 Å². The minimum absolute atomic E-state index is 0.0817. The third-order valence-electron chi connectivity index (χ3n) is 4.07. The Morgan fingerprint density at radius 2 is 1.83 bits per heavy atom. The molecule has 1 aromatic carbocycles. The van der Waals surface area contributed by atoms with Crippen molar-refractivity contribution in [1.82, 2.24) is 4.90 Å². The number of hydrogen-bond donors (Lipinski definition) is 0. The summed E-state index contributed by atoms with van der Waals surface area (Å²) in [4.78, 5) is 14.5. The molecule has 0 saturated heterocycles. The lowest BCUT2D eigenvalue weighted by molar-refractivity contribution is 0.0811. The SMILES string of the molecule is CC(C(=O)c1ccc(Cl)cc1)N(C)C(C)C1CC1. The molecule has 2 unspecified atom stereocenters. The van der Waals surface area contributed by atoms with Crippen molar-refractivity contribution in [3.8, 4) is 0 Å². The molecule has 18 heavy (non-hydrogen) atoms. The molecule has 0 spiro atoms. The van der Waals surface area contributed by atoms with Gasteiger partial charge in [0.05, 0.1) is 6.04 Å². The molecule has 1 fully saturated rings. The number of nitrogens with zero attached hydrogens (tertiary/aromatic N) is 1. The van der Waals surface area contributed by atoms with Crippen LogP contribution in [0.15, 0.2) is 24.3 Å². The number of ketones is 1. The fourth-order valence-electron chi connectivity index (χ4n) is 2.30. The van der Waals surface area contributed by atoms with Gasteiger partial charge in [-0.15, -0.1) is 0 Å². The molecule has 0 aliphatic heterocycles. The van der Waals surface area contributed by atoms with E-state index in [1.807, 2.05) is 14.0 Å². The van der Waals surface area contributed by atoms with Gasteiger partial charge in [-0.25, -0.2) is 0 Å². The highest BCUT2D eigenvalue weighted by molar-refractivity contribution is 6.30. The molecule has 2 nitrogen and oxygen atoms in total. The molecular weight excluding hydrogens is 246 g/mol. The Bertz CT molecular complexity index is 425. The van der Waals surface area contributed by atoms with Gasteiger partial charge in [-0.3, -0.25) is 9.69 Å². The first-order valence-corrected chi connectivity index (χ1v) is 6.90. The van der Waals surface area contributed by atoms with Crippen molar-refractivity contribution in [2.75, 3.05) is 7.05 Å². The highest BCUT2D eigenvalue weighted by atomic mass is 35.5. The molecule has 0 heterocycles. The molecule has 2 atom stereocenters. The van der Waals surface area contributed by atoms with E-state index < -0.39 is 0 Å². The summed E-state index contributed by atoms with van der Waals surface area (Å²) in [6.07, 6.45) is 2.60. The van der Waals surface area contributed by atoms with Crippen LogP contribution in [0.3, 0.4) is 0 Å². The summed E-state index contributed by atoms with van der Waals surface area (Å²) >= 11 is 5.84. The predicted octanol–water partition coefficient (Wildman–Crippen LogP) is 3.64. The lowest BCUT2D eigenvalue weighted by Crippen LogP contribution is -2.42. The minimum atomic E-state index is -0.0817. The van der Waals surface area contributed by atoms with Crippen molar-refractivity contribution in [3.63, 3.8) is 0 Å². The summed E-state index contributed by atoms with van der Waals surface area (Å²) < 4.78 is 0. The van der Waals surface area contributed by atoms with Crippen molar-refractivity contribution < 1.29 is 4.79 Å². The maximum atomic E-state index is 12.4. The molecule has 1 aliphatic rings. The van der Waals surface area contributed by atoms with Crippen molar-refractivity contribution >= 4 is 17.4 Å². The molecule has 98 valence electrons. The maximum Gasteiger partial charge on any atom is 0.179 e. The smallest absolute Gasteiger partial charge is 0.179 e. The van der Waals surface area contributed by atoms with E-state index in [2.05, 4.69) is 11.8 Å². The number of carbonyl (C=O) groups excluding carboxylic acids is 1. The normalized spacial score (nSPS) is 18.7. The number of hydrogen-bond acceptors (Lipinski definition) is 2. The Hall–Kier alpha value is -0.860. The Labute approximate surface area is 114 Å². The van der Waals surface area contributed by atoms with Crippen molar-refractivity contribution in [3.05, 3.63) is 34.9 Å². The van der Waals surface area contributed by atoms with Gasteiger partial charge in [0.15, 0.2) is 5.78 Å². The number of Topliss-reactive ketones (excluding diaryl/α,β-unsaturated/α-hetero) is 1. The van der Waals surface area contributed by atoms with Crippen molar-refractivity contribution in [1.29, 1.82) is 0 Å². The standard InChI is InChI=1S/C15H20ClNO/c1-10(12-4-5-12)17(3)11(2)15(18)13-6-8-14(16)9-7-13/h6-12H,4-5H2,1-3H3. The average Bonchev–Trinajstić information content (AvgIpc) is 3.20. The van der Waals surface area contributed by atoms with Crippen LogP contribution in [-0.4, -0.2) is 29.8 Å². The third-order valence-corrected chi connectivity index (χ3v) is 4.32. The van der Waals surface area contributed by atoms with Crippen LogP contribution >= 0.6 is 11.6 Å². The molecule has 1 aromatic rings. The summed E-state index contributed by atoms with van der Waals surface area (Å²) in [5.41, 5.74) is 0.738. The Morgan fingerprint density at radius 1 is 1.28 bits per heavy atom. The second kappa shape index (κ2) is 5.41. The number of likely N-dealkylation sites (N-methyl/N-ethyl adjacent to an activating group) is 1. The van der Waals surface area contributed by atoms with Gasteiger partial charge in [-0.1, -0.05) is 11.6 Å². The number of carbonyl (C=O) groups is 1. The lowest BCUT2D eigenvalue weighted by atomic mass is 10.0. The molecule has 0 N–H and O–H groups in total. The predicted molar refractivity (Wildman–Crippen MR) is 75.2 cm³/mol. The number of halogens is 1.